The fraction of sp³-hybridized carbons (Fsp3) is 1.00. The van der Waals surface area contributed by atoms with Crippen molar-refractivity contribution in [2.45, 2.75) is 44.8 Å². The summed E-state index contributed by atoms with van der Waals surface area (Å²) in [6, 6.07) is 0. The summed E-state index contributed by atoms with van der Waals surface area (Å²) in [6.45, 7) is 1.83. The molecule has 1 aliphatic carbocycles. The van der Waals surface area contributed by atoms with E-state index in [1.165, 1.54) is 0 Å². The van der Waals surface area contributed by atoms with Gasteiger partial charge >= 0.3 is 6.36 Å². The fourth-order valence-corrected chi connectivity index (χ4v) is 1.59. The Morgan fingerprint density at radius 3 is 2.31 bits per heavy atom. The monoisotopic (exact) mass is 200 g/mol. The third-order valence-corrected chi connectivity index (χ3v) is 2.26. The van der Waals surface area contributed by atoms with Crippen LogP contribution in [0.5, 0.6) is 0 Å². The highest BCUT2D eigenvalue weighted by atomic mass is 19.4. The van der Waals surface area contributed by atoms with E-state index in [0.717, 1.165) is 0 Å². The Bertz CT molecular complexity index is 168. The van der Waals surface area contributed by atoms with Crippen molar-refractivity contribution < 1.29 is 22.3 Å². The molecule has 1 aliphatic rings. The minimum absolute atomic E-state index is 0.155. The maximum Gasteiger partial charge on any atom is 0.522 e. The predicted molar refractivity (Wildman–Crippen MR) is 38.8 cm³/mol. The molecule has 0 aromatic rings. The SMILES string of the molecule is CC1CCC(OC(F)(F)F)[C@H](F)C1. The first-order valence-electron chi connectivity index (χ1n) is 4.27. The molecule has 0 saturated heterocycles. The first-order chi connectivity index (χ1) is 5.88. The summed E-state index contributed by atoms with van der Waals surface area (Å²) in [7, 11) is 0. The molecule has 0 N–H and O–H groups in total. The minimum Gasteiger partial charge on any atom is -0.286 e. The van der Waals surface area contributed by atoms with Gasteiger partial charge in [-0.1, -0.05) is 6.92 Å². The molecule has 0 heterocycles. The second-order valence-electron chi connectivity index (χ2n) is 3.54. The quantitative estimate of drug-likeness (QED) is 0.591. The zero-order valence-electron chi connectivity index (χ0n) is 7.27. The number of halogens is 4. The van der Waals surface area contributed by atoms with Gasteiger partial charge in [0, 0.05) is 0 Å². The Balaban J connectivity index is 2.43. The molecule has 0 aromatic carbocycles. The molecule has 2 unspecified atom stereocenters. The van der Waals surface area contributed by atoms with Gasteiger partial charge in [0.25, 0.3) is 0 Å². The van der Waals surface area contributed by atoms with E-state index in [1.54, 1.807) is 0 Å². The Labute approximate surface area is 74.1 Å². The highest BCUT2D eigenvalue weighted by Crippen LogP contribution is 2.32. The first-order valence-corrected chi connectivity index (χ1v) is 4.27. The van der Waals surface area contributed by atoms with Gasteiger partial charge in [-0.05, 0) is 25.2 Å². The van der Waals surface area contributed by atoms with Crippen LogP contribution in [0.4, 0.5) is 17.6 Å². The summed E-state index contributed by atoms with van der Waals surface area (Å²) < 4.78 is 51.8. The van der Waals surface area contributed by atoms with E-state index >= 15 is 0 Å². The van der Waals surface area contributed by atoms with Crippen LogP contribution in [-0.2, 0) is 4.74 Å². The Hall–Kier alpha value is -0.320. The van der Waals surface area contributed by atoms with E-state index in [0.29, 0.717) is 6.42 Å². The molecule has 1 nitrogen and oxygen atoms in total. The van der Waals surface area contributed by atoms with Gasteiger partial charge in [-0.25, -0.2) is 4.39 Å². The van der Waals surface area contributed by atoms with Crippen molar-refractivity contribution in [1.82, 2.24) is 0 Å². The summed E-state index contributed by atoms with van der Waals surface area (Å²) in [6.07, 6.45) is -6.57. The van der Waals surface area contributed by atoms with Crippen molar-refractivity contribution in [1.29, 1.82) is 0 Å². The van der Waals surface area contributed by atoms with Crippen LogP contribution in [0.3, 0.4) is 0 Å². The molecule has 0 radical (unpaired) electrons. The molecular weight excluding hydrogens is 188 g/mol. The van der Waals surface area contributed by atoms with Crippen molar-refractivity contribution in [3.8, 4) is 0 Å². The molecule has 5 heteroatoms. The number of ether oxygens (including phenoxy) is 1. The Morgan fingerprint density at radius 1 is 1.23 bits per heavy atom. The Morgan fingerprint density at radius 2 is 1.85 bits per heavy atom. The average Bonchev–Trinajstić information content (AvgIpc) is 1.93. The van der Waals surface area contributed by atoms with Crippen molar-refractivity contribution in [2.24, 2.45) is 5.92 Å². The summed E-state index contributed by atoms with van der Waals surface area (Å²) in [4.78, 5) is 0. The molecule has 0 bridgehead atoms. The van der Waals surface area contributed by atoms with Crippen LogP contribution >= 0.6 is 0 Å². The van der Waals surface area contributed by atoms with Crippen molar-refractivity contribution in [3.63, 3.8) is 0 Å². The normalized spacial score (nSPS) is 36.2. The van der Waals surface area contributed by atoms with Crippen LogP contribution in [0.25, 0.3) is 0 Å². The molecule has 0 aromatic heterocycles. The minimum atomic E-state index is -4.71. The number of hydrogen-bond donors (Lipinski definition) is 0. The average molecular weight is 200 g/mol. The lowest BCUT2D eigenvalue weighted by Crippen LogP contribution is -2.36. The number of hydrogen-bond acceptors (Lipinski definition) is 1. The highest BCUT2D eigenvalue weighted by Gasteiger charge is 2.39. The van der Waals surface area contributed by atoms with Gasteiger partial charge in [-0.2, -0.15) is 0 Å². The standard InChI is InChI=1S/C8H12F4O/c1-5-2-3-7(6(9)4-5)13-8(10,11)12/h5-7H,2-4H2,1H3/t5?,6-,7?/m1/s1. The molecule has 0 aliphatic heterocycles. The summed E-state index contributed by atoms with van der Waals surface area (Å²) in [5, 5.41) is 0. The second-order valence-corrected chi connectivity index (χ2v) is 3.54. The van der Waals surface area contributed by atoms with E-state index < -0.39 is 18.6 Å². The number of rotatable bonds is 1. The maximum absolute atomic E-state index is 13.0. The van der Waals surface area contributed by atoms with Crippen LogP contribution in [-0.4, -0.2) is 18.6 Å². The van der Waals surface area contributed by atoms with Crippen LogP contribution in [0.2, 0.25) is 0 Å². The van der Waals surface area contributed by atoms with Crippen LogP contribution in [0.1, 0.15) is 26.2 Å². The van der Waals surface area contributed by atoms with Crippen molar-refractivity contribution in [3.05, 3.63) is 0 Å². The first kappa shape index (κ1) is 10.8. The summed E-state index contributed by atoms with van der Waals surface area (Å²) in [5.74, 6) is 0.156. The molecule has 0 spiro atoms. The van der Waals surface area contributed by atoms with Gasteiger partial charge in [0.2, 0.25) is 0 Å². The van der Waals surface area contributed by atoms with Gasteiger partial charge < -0.3 is 0 Å². The molecular formula is C8H12F4O. The molecule has 1 rings (SSSR count). The largest absolute Gasteiger partial charge is 0.522 e. The second kappa shape index (κ2) is 3.82. The van der Waals surface area contributed by atoms with E-state index in [2.05, 4.69) is 4.74 Å². The van der Waals surface area contributed by atoms with E-state index in [4.69, 9.17) is 0 Å². The maximum atomic E-state index is 13.0. The topological polar surface area (TPSA) is 9.23 Å². The number of alkyl halides is 4. The van der Waals surface area contributed by atoms with E-state index in [1.807, 2.05) is 6.92 Å². The molecule has 78 valence electrons. The van der Waals surface area contributed by atoms with Crippen molar-refractivity contribution in [2.75, 3.05) is 0 Å². The third-order valence-electron chi connectivity index (χ3n) is 2.26. The fourth-order valence-electron chi connectivity index (χ4n) is 1.59. The molecule has 1 fully saturated rings. The van der Waals surface area contributed by atoms with Gasteiger partial charge in [0.15, 0.2) is 0 Å². The van der Waals surface area contributed by atoms with Gasteiger partial charge in [0.1, 0.15) is 6.17 Å². The smallest absolute Gasteiger partial charge is 0.286 e. The lowest BCUT2D eigenvalue weighted by molar-refractivity contribution is -0.351. The lowest BCUT2D eigenvalue weighted by Gasteiger charge is -2.30. The lowest BCUT2D eigenvalue weighted by atomic mass is 9.87. The molecule has 1 saturated carbocycles. The zero-order chi connectivity index (χ0) is 10.1. The Kier molecular flexibility index (Phi) is 3.16. The van der Waals surface area contributed by atoms with Crippen LogP contribution in [0.15, 0.2) is 0 Å². The molecule has 3 atom stereocenters. The van der Waals surface area contributed by atoms with Crippen molar-refractivity contribution >= 4 is 0 Å². The van der Waals surface area contributed by atoms with E-state index in [-0.39, 0.29) is 18.8 Å². The zero-order valence-corrected chi connectivity index (χ0v) is 7.27. The van der Waals surface area contributed by atoms with Gasteiger partial charge in [-0.3, -0.25) is 4.74 Å². The molecule has 0 amide bonds. The van der Waals surface area contributed by atoms with Crippen LogP contribution < -0.4 is 0 Å². The van der Waals surface area contributed by atoms with E-state index in [9.17, 15) is 17.6 Å². The van der Waals surface area contributed by atoms with Crippen LogP contribution in [0, 0.1) is 5.92 Å². The van der Waals surface area contributed by atoms with Gasteiger partial charge in [-0.15, -0.1) is 13.2 Å². The highest BCUT2D eigenvalue weighted by molar-refractivity contribution is 4.79. The third kappa shape index (κ3) is 3.50. The predicted octanol–water partition coefficient (Wildman–Crippen LogP) is 3.05. The molecule has 13 heavy (non-hydrogen) atoms. The van der Waals surface area contributed by atoms with Gasteiger partial charge in [0.05, 0.1) is 6.10 Å². The summed E-state index contributed by atoms with van der Waals surface area (Å²) in [5.41, 5.74) is 0. The summed E-state index contributed by atoms with van der Waals surface area (Å²) >= 11 is 0.